The third-order valence-electron chi connectivity index (χ3n) is 3.12. The lowest BCUT2D eigenvalue weighted by molar-refractivity contribution is -0.141. The van der Waals surface area contributed by atoms with Crippen molar-refractivity contribution in [2.24, 2.45) is 5.92 Å². The molecule has 0 saturated heterocycles. The van der Waals surface area contributed by atoms with E-state index in [-0.39, 0.29) is 5.92 Å². The average Bonchev–Trinajstić information content (AvgIpc) is 2.32. The van der Waals surface area contributed by atoms with Crippen molar-refractivity contribution in [3.05, 3.63) is 24.0 Å². The van der Waals surface area contributed by atoms with Crippen molar-refractivity contribution in [1.29, 1.82) is 0 Å². The molecule has 0 saturated carbocycles. The summed E-state index contributed by atoms with van der Waals surface area (Å²) in [6.45, 7) is 5.90. The molecule has 0 aromatic carbocycles. The monoisotopic (exact) mass is 250 g/mol. The molecule has 0 bridgehead atoms. The van der Waals surface area contributed by atoms with Gasteiger partial charge in [-0.05, 0) is 38.3 Å². The molecule has 2 unspecified atom stereocenters. The summed E-state index contributed by atoms with van der Waals surface area (Å²) in [7, 11) is 0. The van der Waals surface area contributed by atoms with Gasteiger partial charge < -0.3 is 10.4 Å². The lowest BCUT2D eigenvalue weighted by atomic mass is 10.0. The molecule has 0 spiro atoms. The Morgan fingerprint density at radius 2 is 2.17 bits per heavy atom. The van der Waals surface area contributed by atoms with E-state index in [1.165, 1.54) is 0 Å². The Bertz CT molecular complexity index is 393. The van der Waals surface area contributed by atoms with Crippen LogP contribution in [-0.2, 0) is 4.79 Å². The standard InChI is InChI=1S/C14H22N2O2/c1-10(14(17)18)5-4-6-12(3)16-13-7-8-15-9-11(13)2/h7-10,12H,4-6H2,1-3H3,(H,15,16)(H,17,18). The normalized spacial score (nSPS) is 13.9. The van der Waals surface area contributed by atoms with Gasteiger partial charge in [-0.3, -0.25) is 9.78 Å². The van der Waals surface area contributed by atoms with Gasteiger partial charge in [0, 0.05) is 24.1 Å². The minimum atomic E-state index is -0.708. The topological polar surface area (TPSA) is 62.2 Å². The number of anilines is 1. The molecule has 4 heteroatoms. The van der Waals surface area contributed by atoms with Crippen LogP contribution in [0.4, 0.5) is 5.69 Å². The number of aliphatic carboxylic acids is 1. The molecule has 2 atom stereocenters. The number of rotatable bonds is 7. The highest BCUT2D eigenvalue weighted by molar-refractivity contribution is 5.69. The Labute approximate surface area is 108 Å². The largest absolute Gasteiger partial charge is 0.481 e. The molecule has 100 valence electrons. The molecule has 0 amide bonds. The van der Waals surface area contributed by atoms with Crippen LogP contribution < -0.4 is 5.32 Å². The Morgan fingerprint density at radius 3 is 2.78 bits per heavy atom. The predicted octanol–water partition coefficient (Wildman–Crippen LogP) is 3.08. The Balaban J connectivity index is 2.32. The van der Waals surface area contributed by atoms with Crippen LogP contribution >= 0.6 is 0 Å². The molecule has 2 N–H and O–H groups in total. The second-order valence-corrected chi connectivity index (χ2v) is 4.91. The highest BCUT2D eigenvalue weighted by Crippen LogP contribution is 2.16. The molecule has 0 aliphatic heterocycles. The van der Waals surface area contributed by atoms with E-state index in [4.69, 9.17) is 5.11 Å². The summed E-state index contributed by atoms with van der Waals surface area (Å²) in [4.78, 5) is 14.7. The van der Waals surface area contributed by atoms with Gasteiger partial charge in [0.1, 0.15) is 0 Å². The van der Waals surface area contributed by atoms with Gasteiger partial charge in [0.25, 0.3) is 0 Å². The first kappa shape index (κ1) is 14.5. The van der Waals surface area contributed by atoms with Crippen molar-refractivity contribution in [2.45, 2.75) is 46.1 Å². The minimum absolute atomic E-state index is 0.250. The molecular formula is C14H22N2O2. The van der Waals surface area contributed by atoms with E-state index in [0.29, 0.717) is 6.04 Å². The van der Waals surface area contributed by atoms with Crippen molar-refractivity contribution in [2.75, 3.05) is 5.32 Å². The lowest BCUT2D eigenvalue weighted by Gasteiger charge is -2.17. The number of carboxylic acids is 1. The molecular weight excluding hydrogens is 228 g/mol. The fraction of sp³-hybridized carbons (Fsp3) is 0.571. The molecule has 1 aromatic heterocycles. The summed E-state index contributed by atoms with van der Waals surface area (Å²) >= 11 is 0. The number of hydrogen-bond donors (Lipinski definition) is 2. The van der Waals surface area contributed by atoms with Gasteiger partial charge in [-0.15, -0.1) is 0 Å². The smallest absolute Gasteiger partial charge is 0.306 e. The third-order valence-corrected chi connectivity index (χ3v) is 3.12. The van der Waals surface area contributed by atoms with Crippen molar-refractivity contribution >= 4 is 11.7 Å². The number of carbonyl (C=O) groups is 1. The third kappa shape index (κ3) is 4.73. The maximum atomic E-state index is 10.7. The van der Waals surface area contributed by atoms with E-state index in [2.05, 4.69) is 17.2 Å². The molecule has 0 aliphatic rings. The summed E-state index contributed by atoms with van der Waals surface area (Å²) in [5, 5.41) is 12.2. The maximum absolute atomic E-state index is 10.7. The molecule has 0 aliphatic carbocycles. The summed E-state index contributed by atoms with van der Waals surface area (Å²) in [5.74, 6) is -0.958. The Kier molecular flexibility index (Phi) is 5.62. The molecule has 1 aromatic rings. The minimum Gasteiger partial charge on any atom is -0.481 e. The van der Waals surface area contributed by atoms with E-state index < -0.39 is 5.97 Å². The summed E-state index contributed by atoms with van der Waals surface area (Å²) < 4.78 is 0. The molecule has 0 fully saturated rings. The average molecular weight is 250 g/mol. The molecule has 4 nitrogen and oxygen atoms in total. The zero-order chi connectivity index (χ0) is 13.5. The van der Waals surface area contributed by atoms with Crippen LogP contribution in [0.5, 0.6) is 0 Å². The van der Waals surface area contributed by atoms with Gasteiger partial charge in [-0.1, -0.05) is 13.3 Å². The van der Waals surface area contributed by atoms with E-state index in [1.807, 2.05) is 19.2 Å². The van der Waals surface area contributed by atoms with E-state index in [9.17, 15) is 4.79 Å². The van der Waals surface area contributed by atoms with Gasteiger partial charge in [-0.2, -0.15) is 0 Å². The number of nitrogens with zero attached hydrogens (tertiary/aromatic N) is 1. The van der Waals surface area contributed by atoms with Crippen LogP contribution in [-0.4, -0.2) is 22.1 Å². The van der Waals surface area contributed by atoms with Crippen LogP contribution in [0.15, 0.2) is 18.5 Å². The lowest BCUT2D eigenvalue weighted by Crippen LogP contribution is -2.17. The number of nitrogens with one attached hydrogen (secondary N) is 1. The summed E-state index contributed by atoms with van der Waals surface area (Å²) in [6.07, 6.45) is 6.23. The first-order valence-electron chi connectivity index (χ1n) is 6.40. The van der Waals surface area contributed by atoms with Gasteiger partial charge in [-0.25, -0.2) is 0 Å². The second-order valence-electron chi connectivity index (χ2n) is 4.91. The number of carboxylic acid groups (broad SMARTS) is 1. The molecule has 18 heavy (non-hydrogen) atoms. The van der Waals surface area contributed by atoms with Gasteiger partial charge in [0.05, 0.1) is 5.92 Å². The Morgan fingerprint density at radius 1 is 1.44 bits per heavy atom. The quantitative estimate of drug-likeness (QED) is 0.780. The van der Waals surface area contributed by atoms with Gasteiger partial charge in [0.15, 0.2) is 0 Å². The van der Waals surface area contributed by atoms with Crippen molar-refractivity contribution in [3.63, 3.8) is 0 Å². The van der Waals surface area contributed by atoms with Crippen LogP contribution in [0.2, 0.25) is 0 Å². The van der Waals surface area contributed by atoms with Crippen LogP contribution in [0.1, 0.15) is 38.7 Å². The highest BCUT2D eigenvalue weighted by atomic mass is 16.4. The van der Waals surface area contributed by atoms with Crippen molar-refractivity contribution in [3.8, 4) is 0 Å². The molecule has 1 heterocycles. The maximum Gasteiger partial charge on any atom is 0.306 e. The van der Waals surface area contributed by atoms with Gasteiger partial charge in [0.2, 0.25) is 0 Å². The number of aryl methyl sites for hydroxylation is 1. The summed E-state index contributed by atoms with van der Waals surface area (Å²) in [5.41, 5.74) is 2.23. The number of aromatic nitrogens is 1. The zero-order valence-corrected chi connectivity index (χ0v) is 11.3. The first-order valence-corrected chi connectivity index (χ1v) is 6.40. The number of hydrogen-bond acceptors (Lipinski definition) is 3. The van der Waals surface area contributed by atoms with Crippen molar-refractivity contribution < 1.29 is 9.90 Å². The fourth-order valence-electron chi connectivity index (χ4n) is 1.83. The van der Waals surface area contributed by atoms with E-state index in [1.54, 1.807) is 13.1 Å². The fourth-order valence-corrected chi connectivity index (χ4v) is 1.83. The van der Waals surface area contributed by atoms with Crippen LogP contribution in [0.25, 0.3) is 0 Å². The predicted molar refractivity (Wildman–Crippen MR) is 72.7 cm³/mol. The van der Waals surface area contributed by atoms with Gasteiger partial charge >= 0.3 is 5.97 Å². The second kappa shape index (κ2) is 6.99. The summed E-state index contributed by atoms with van der Waals surface area (Å²) in [6, 6.07) is 2.30. The number of pyridine rings is 1. The Hall–Kier alpha value is -1.58. The molecule has 0 radical (unpaired) electrons. The van der Waals surface area contributed by atoms with E-state index in [0.717, 1.165) is 30.5 Å². The first-order chi connectivity index (χ1) is 8.50. The van der Waals surface area contributed by atoms with E-state index >= 15 is 0 Å². The molecule has 1 rings (SSSR count). The zero-order valence-electron chi connectivity index (χ0n) is 11.3. The van der Waals surface area contributed by atoms with Crippen molar-refractivity contribution in [1.82, 2.24) is 4.98 Å². The van der Waals surface area contributed by atoms with Crippen LogP contribution in [0, 0.1) is 12.8 Å². The van der Waals surface area contributed by atoms with Crippen LogP contribution in [0.3, 0.4) is 0 Å². The SMILES string of the molecule is Cc1cnccc1NC(C)CCCC(C)C(=O)O. The highest BCUT2D eigenvalue weighted by Gasteiger charge is 2.11.